The number of aliphatic hydroxyl groups excluding tert-OH is 1. The topological polar surface area (TPSA) is 50.7 Å². The Kier molecular flexibility index (Phi) is 8.26. The van der Waals surface area contributed by atoms with Gasteiger partial charge in [0, 0.05) is 25.3 Å². The molecule has 0 aliphatic rings. The van der Waals surface area contributed by atoms with E-state index in [1.807, 2.05) is 39.0 Å². The fraction of sp³-hybridized carbons (Fsp3) is 0.625. The van der Waals surface area contributed by atoms with E-state index in [2.05, 4.69) is 5.32 Å². The molecule has 0 amide bonds. The molecular weight excluding hydrogens is 254 g/mol. The van der Waals surface area contributed by atoms with Gasteiger partial charge in [0.25, 0.3) is 0 Å². The van der Waals surface area contributed by atoms with E-state index in [1.165, 1.54) is 0 Å². The molecule has 0 fully saturated rings. The van der Waals surface area contributed by atoms with Gasteiger partial charge in [0.2, 0.25) is 0 Å². The molecule has 20 heavy (non-hydrogen) atoms. The van der Waals surface area contributed by atoms with Crippen LogP contribution in [0.4, 0.5) is 0 Å². The summed E-state index contributed by atoms with van der Waals surface area (Å²) in [5, 5.41) is 13.5. The summed E-state index contributed by atoms with van der Waals surface area (Å²) in [7, 11) is 0. The molecule has 0 aliphatic carbocycles. The summed E-state index contributed by atoms with van der Waals surface area (Å²) in [5.74, 6) is 0.765. The van der Waals surface area contributed by atoms with Crippen LogP contribution in [0.25, 0.3) is 0 Å². The number of nitrogens with one attached hydrogen (secondary N) is 1. The summed E-state index contributed by atoms with van der Waals surface area (Å²) in [4.78, 5) is 0. The maximum absolute atomic E-state index is 10.3. The quantitative estimate of drug-likeness (QED) is 0.647. The summed E-state index contributed by atoms with van der Waals surface area (Å²) < 4.78 is 10.8. The van der Waals surface area contributed by atoms with Crippen molar-refractivity contribution in [2.75, 3.05) is 32.9 Å². The molecule has 0 heterocycles. The van der Waals surface area contributed by atoms with Gasteiger partial charge in [-0.2, -0.15) is 0 Å². The molecule has 0 bridgehead atoms. The zero-order valence-electron chi connectivity index (χ0n) is 12.8. The van der Waals surface area contributed by atoms with Gasteiger partial charge < -0.3 is 19.9 Å². The Morgan fingerprint density at radius 2 is 2.05 bits per heavy atom. The van der Waals surface area contributed by atoms with Crippen LogP contribution < -0.4 is 10.1 Å². The van der Waals surface area contributed by atoms with E-state index in [-0.39, 0.29) is 0 Å². The van der Waals surface area contributed by atoms with Crippen LogP contribution in [0.15, 0.2) is 18.2 Å². The Morgan fingerprint density at radius 1 is 1.25 bits per heavy atom. The van der Waals surface area contributed by atoms with Crippen LogP contribution in [0, 0.1) is 6.92 Å². The van der Waals surface area contributed by atoms with Crippen LogP contribution in [0.3, 0.4) is 0 Å². The number of rotatable bonds is 10. The average Bonchev–Trinajstić information content (AvgIpc) is 2.44. The molecule has 0 radical (unpaired) electrons. The van der Waals surface area contributed by atoms with E-state index in [9.17, 15) is 5.11 Å². The highest BCUT2D eigenvalue weighted by Crippen LogP contribution is 2.26. The van der Waals surface area contributed by atoms with Gasteiger partial charge in [-0.25, -0.2) is 0 Å². The summed E-state index contributed by atoms with van der Waals surface area (Å²) in [5.41, 5.74) is 1.98. The van der Waals surface area contributed by atoms with Crippen molar-refractivity contribution in [1.29, 1.82) is 0 Å². The van der Waals surface area contributed by atoms with Crippen molar-refractivity contribution >= 4 is 0 Å². The van der Waals surface area contributed by atoms with Crippen molar-refractivity contribution in [3.8, 4) is 5.75 Å². The lowest BCUT2D eigenvalue weighted by Gasteiger charge is -2.17. The molecule has 0 aliphatic heterocycles. The third kappa shape index (κ3) is 5.90. The molecule has 114 valence electrons. The molecule has 2 N–H and O–H groups in total. The Hall–Kier alpha value is -1.10. The van der Waals surface area contributed by atoms with Crippen molar-refractivity contribution in [3.63, 3.8) is 0 Å². The first-order chi connectivity index (χ1) is 9.69. The Morgan fingerprint density at radius 3 is 2.75 bits per heavy atom. The molecule has 1 unspecified atom stereocenters. The fourth-order valence-corrected chi connectivity index (χ4v) is 2.01. The number of hydrogen-bond donors (Lipinski definition) is 2. The lowest BCUT2D eigenvalue weighted by atomic mass is 10.1. The van der Waals surface area contributed by atoms with Crippen molar-refractivity contribution < 1.29 is 14.6 Å². The highest BCUT2D eigenvalue weighted by Gasteiger charge is 2.13. The van der Waals surface area contributed by atoms with Crippen molar-refractivity contribution in [2.45, 2.75) is 33.3 Å². The fourth-order valence-electron chi connectivity index (χ4n) is 2.01. The summed E-state index contributed by atoms with van der Waals surface area (Å²) in [6, 6.07) is 5.90. The summed E-state index contributed by atoms with van der Waals surface area (Å²) in [6.45, 7) is 9.43. The first-order valence-corrected chi connectivity index (χ1v) is 7.38. The highest BCUT2D eigenvalue weighted by molar-refractivity contribution is 5.38. The van der Waals surface area contributed by atoms with Gasteiger partial charge >= 0.3 is 0 Å². The van der Waals surface area contributed by atoms with Crippen LogP contribution in [0.1, 0.15) is 37.5 Å². The van der Waals surface area contributed by atoms with Crippen LogP contribution in [-0.4, -0.2) is 38.0 Å². The zero-order chi connectivity index (χ0) is 14.8. The maximum atomic E-state index is 10.3. The van der Waals surface area contributed by atoms with Crippen LogP contribution >= 0.6 is 0 Å². The second-order valence-corrected chi connectivity index (χ2v) is 4.74. The van der Waals surface area contributed by atoms with Gasteiger partial charge in [-0.3, -0.25) is 0 Å². The van der Waals surface area contributed by atoms with E-state index in [0.29, 0.717) is 13.2 Å². The van der Waals surface area contributed by atoms with E-state index in [0.717, 1.165) is 43.1 Å². The third-order valence-electron chi connectivity index (χ3n) is 3.01. The first-order valence-electron chi connectivity index (χ1n) is 7.38. The predicted octanol–water partition coefficient (Wildman–Crippen LogP) is 2.44. The smallest absolute Gasteiger partial charge is 0.125 e. The largest absolute Gasteiger partial charge is 0.493 e. The predicted molar refractivity (Wildman–Crippen MR) is 81.3 cm³/mol. The standard InChI is InChI=1S/C16H27NO3/c1-4-19-10-6-9-17-12-15(18)14-11-13(3)7-8-16(14)20-5-2/h7-8,11,15,17-18H,4-6,9-10,12H2,1-3H3. The molecule has 0 spiro atoms. The molecular formula is C16H27NO3. The Balaban J connectivity index is 2.45. The molecule has 0 saturated heterocycles. The minimum Gasteiger partial charge on any atom is -0.493 e. The SMILES string of the molecule is CCOCCCNCC(O)c1cc(C)ccc1OCC. The average molecular weight is 281 g/mol. The van der Waals surface area contributed by atoms with E-state index in [1.54, 1.807) is 0 Å². The molecule has 1 atom stereocenters. The number of aryl methyl sites for hydroxylation is 1. The zero-order valence-corrected chi connectivity index (χ0v) is 12.8. The van der Waals surface area contributed by atoms with Crippen LogP contribution in [0.5, 0.6) is 5.75 Å². The number of hydrogen-bond acceptors (Lipinski definition) is 4. The second-order valence-electron chi connectivity index (χ2n) is 4.74. The number of ether oxygens (including phenoxy) is 2. The normalized spacial score (nSPS) is 12.4. The second kappa shape index (κ2) is 9.75. The van der Waals surface area contributed by atoms with Crippen molar-refractivity contribution in [2.24, 2.45) is 0 Å². The van der Waals surface area contributed by atoms with E-state index >= 15 is 0 Å². The number of benzene rings is 1. The minimum absolute atomic E-state index is 0.523. The van der Waals surface area contributed by atoms with Gasteiger partial charge in [-0.05, 0) is 45.9 Å². The molecule has 1 aromatic rings. The monoisotopic (exact) mass is 281 g/mol. The van der Waals surface area contributed by atoms with Crippen molar-refractivity contribution in [3.05, 3.63) is 29.3 Å². The molecule has 4 heteroatoms. The lowest BCUT2D eigenvalue weighted by Crippen LogP contribution is -2.23. The van der Waals surface area contributed by atoms with Crippen molar-refractivity contribution in [1.82, 2.24) is 5.32 Å². The first kappa shape index (κ1) is 17.0. The number of aliphatic hydroxyl groups is 1. The van der Waals surface area contributed by atoms with Crippen LogP contribution in [0.2, 0.25) is 0 Å². The van der Waals surface area contributed by atoms with E-state index < -0.39 is 6.10 Å². The third-order valence-corrected chi connectivity index (χ3v) is 3.01. The molecule has 1 aromatic carbocycles. The Bertz CT molecular complexity index is 382. The van der Waals surface area contributed by atoms with E-state index in [4.69, 9.17) is 9.47 Å². The molecule has 1 rings (SSSR count). The van der Waals surface area contributed by atoms with Gasteiger partial charge in [0.15, 0.2) is 0 Å². The molecule has 0 saturated carbocycles. The van der Waals surface area contributed by atoms with Gasteiger partial charge in [-0.15, -0.1) is 0 Å². The molecule has 4 nitrogen and oxygen atoms in total. The minimum atomic E-state index is -0.552. The van der Waals surface area contributed by atoms with Gasteiger partial charge in [0.05, 0.1) is 12.7 Å². The summed E-state index contributed by atoms with van der Waals surface area (Å²) in [6.07, 6.45) is 0.399. The van der Waals surface area contributed by atoms with Gasteiger partial charge in [0.1, 0.15) is 5.75 Å². The lowest BCUT2D eigenvalue weighted by molar-refractivity contribution is 0.140. The maximum Gasteiger partial charge on any atom is 0.125 e. The summed E-state index contributed by atoms with van der Waals surface area (Å²) >= 11 is 0. The highest BCUT2D eigenvalue weighted by atomic mass is 16.5. The Labute approximate surface area is 122 Å². The van der Waals surface area contributed by atoms with Gasteiger partial charge in [-0.1, -0.05) is 11.6 Å². The van der Waals surface area contributed by atoms with Crippen LogP contribution in [-0.2, 0) is 4.74 Å². The molecule has 0 aromatic heterocycles.